The molecule has 6 nitrogen and oxygen atoms in total. The average molecular weight is 424 g/mol. The van der Waals surface area contributed by atoms with Gasteiger partial charge in [0.25, 0.3) is 0 Å². The Hall–Kier alpha value is -2.67. The van der Waals surface area contributed by atoms with E-state index in [1.165, 1.54) is 17.3 Å². The van der Waals surface area contributed by atoms with Gasteiger partial charge in [-0.1, -0.05) is 75.0 Å². The number of aryl methyl sites for hydroxylation is 3. The fraction of sp³-hybridized carbons (Fsp3) is 0.391. The second-order valence-corrected chi connectivity index (χ2v) is 8.73. The fourth-order valence-electron chi connectivity index (χ4n) is 3.49. The zero-order valence-corrected chi connectivity index (χ0v) is 19.0. The van der Waals surface area contributed by atoms with E-state index in [4.69, 9.17) is 0 Å². The van der Waals surface area contributed by atoms with E-state index >= 15 is 0 Å². The smallest absolute Gasteiger partial charge is 0.230 e. The van der Waals surface area contributed by atoms with Crippen LogP contribution in [-0.2, 0) is 11.2 Å². The summed E-state index contributed by atoms with van der Waals surface area (Å²) in [6.07, 6.45) is 1.00. The number of amides is 1. The van der Waals surface area contributed by atoms with Crippen LogP contribution in [-0.4, -0.2) is 31.9 Å². The van der Waals surface area contributed by atoms with Crippen LogP contribution in [0, 0.1) is 19.8 Å². The summed E-state index contributed by atoms with van der Waals surface area (Å²) in [6.45, 7) is 10.4. The molecular weight excluding hydrogens is 394 g/mol. The third-order valence-electron chi connectivity index (χ3n) is 5.15. The highest BCUT2D eigenvalue weighted by molar-refractivity contribution is 7.99. The molecule has 3 aromatic rings. The lowest BCUT2D eigenvalue weighted by molar-refractivity contribution is -0.119. The van der Waals surface area contributed by atoms with Gasteiger partial charge in [-0.3, -0.25) is 4.79 Å². The predicted molar refractivity (Wildman–Crippen MR) is 121 cm³/mol. The average Bonchev–Trinajstić information content (AvgIpc) is 3.18. The SMILES string of the molecule is CCc1ccc([C@@H](NC(=O)CSc2nnnn2-c2c(C)cccc2C)C(C)C)cc1. The maximum atomic E-state index is 12.7. The number of nitrogens with zero attached hydrogens (tertiary/aromatic N) is 4. The summed E-state index contributed by atoms with van der Waals surface area (Å²) < 4.78 is 1.71. The van der Waals surface area contributed by atoms with Crippen LogP contribution in [0.2, 0.25) is 0 Å². The van der Waals surface area contributed by atoms with E-state index in [-0.39, 0.29) is 23.6 Å². The number of thioether (sulfide) groups is 1. The molecule has 30 heavy (non-hydrogen) atoms. The van der Waals surface area contributed by atoms with E-state index in [2.05, 4.69) is 65.9 Å². The minimum Gasteiger partial charge on any atom is -0.348 e. The monoisotopic (exact) mass is 423 g/mol. The molecule has 0 bridgehead atoms. The second-order valence-electron chi connectivity index (χ2n) is 7.79. The highest BCUT2D eigenvalue weighted by Crippen LogP contribution is 2.25. The van der Waals surface area contributed by atoms with Crippen LogP contribution in [0.25, 0.3) is 5.69 Å². The van der Waals surface area contributed by atoms with Gasteiger partial charge in [0.1, 0.15) is 0 Å². The summed E-state index contributed by atoms with van der Waals surface area (Å²) in [4.78, 5) is 12.7. The third kappa shape index (κ3) is 5.08. The molecule has 158 valence electrons. The van der Waals surface area contributed by atoms with Crippen LogP contribution < -0.4 is 5.32 Å². The van der Waals surface area contributed by atoms with E-state index < -0.39 is 0 Å². The highest BCUT2D eigenvalue weighted by atomic mass is 32.2. The molecule has 0 fully saturated rings. The molecule has 2 aromatic carbocycles. The van der Waals surface area contributed by atoms with Gasteiger partial charge in [-0.15, -0.1) is 5.10 Å². The van der Waals surface area contributed by atoms with Crippen molar-refractivity contribution in [2.24, 2.45) is 5.92 Å². The minimum absolute atomic E-state index is 0.0291. The Morgan fingerprint density at radius 3 is 2.37 bits per heavy atom. The van der Waals surface area contributed by atoms with Crippen molar-refractivity contribution in [3.05, 3.63) is 64.7 Å². The standard InChI is InChI=1S/C23H29N5OS/c1-6-18-10-12-19(13-11-18)21(15(2)3)24-20(29)14-30-23-25-26-27-28(23)22-16(4)8-7-9-17(22)5/h7-13,15,21H,6,14H2,1-5H3,(H,24,29)/t21-/m0/s1. The first kappa shape index (κ1) is 22.0. The van der Waals surface area contributed by atoms with Gasteiger partial charge in [-0.25, -0.2) is 0 Å². The van der Waals surface area contributed by atoms with Gasteiger partial charge >= 0.3 is 0 Å². The molecule has 0 aliphatic heterocycles. The van der Waals surface area contributed by atoms with Crippen LogP contribution >= 0.6 is 11.8 Å². The second kappa shape index (κ2) is 9.89. The molecule has 0 saturated carbocycles. The molecule has 1 amide bonds. The summed E-state index contributed by atoms with van der Waals surface area (Å²) in [5.74, 6) is 0.502. The Bertz CT molecular complexity index is 977. The Labute approximate surface area is 182 Å². The van der Waals surface area contributed by atoms with Gasteiger partial charge in [-0.05, 0) is 58.9 Å². The molecule has 1 aromatic heterocycles. The summed E-state index contributed by atoms with van der Waals surface area (Å²) in [5, 5.41) is 15.9. The van der Waals surface area contributed by atoms with E-state index in [1.807, 2.05) is 32.0 Å². The lowest BCUT2D eigenvalue weighted by Crippen LogP contribution is -2.33. The molecule has 3 rings (SSSR count). The minimum atomic E-state index is -0.0330. The number of benzene rings is 2. The quantitative estimate of drug-likeness (QED) is 0.542. The van der Waals surface area contributed by atoms with Crippen LogP contribution in [0.15, 0.2) is 47.6 Å². The van der Waals surface area contributed by atoms with Crippen molar-refractivity contribution < 1.29 is 4.79 Å². The first-order valence-corrected chi connectivity index (χ1v) is 11.2. The largest absolute Gasteiger partial charge is 0.348 e. The summed E-state index contributed by atoms with van der Waals surface area (Å²) >= 11 is 1.34. The van der Waals surface area contributed by atoms with Gasteiger partial charge in [-0.2, -0.15) is 4.68 Å². The van der Waals surface area contributed by atoms with E-state index in [9.17, 15) is 4.79 Å². The number of hydrogen-bond acceptors (Lipinski definition) is 5. The summed E-state index contributed by atoms with van der Waals surface area (Å²) in [5.41, 5.74) is 5.55. The number of nitrogens with one attached hydrogen (secondary N) is 1. The molecular formula is C23H29N5OS. The first-order valence-electron chi connectivity index (χ1n) is 10.3. The van der Waals surface area contributed by atoms with E-state index in [0.29, 0.717) is 5.16 Å². The molecule has 1 N–H and O–H groups in total. The van der Waals surface area contributed by atoms with Crippen LogP contribution in [0.3, 0.4) is 0 Å². The maximum absolute atomic E-state index is 12.7. The number of para-hydroxylation sites is 1. The van der Waals surface area contributed by atoms with Crippen LogP contribution in [0.5, 0.6) is 0 Å². The van der Waals surface area contributed by atoms with Gasteiger partial charge in [0, 0.05) is 0 Å². The van der Waals surface area contributed by atoms with E-state index in [0.717, 1.165) is 28.8 Å². The number of hydrogen-bond donors (Lipinski definition) is 1. The van der Waals surface area contributed by atoms with Crippen molar-refractivity contribution >= 4 is 17.7 Å². The molecule has 0 saturated heterocycles. The van der Waals surface area contributed by atoms with Gasteiger partial charge in [0.05, 0.1) is 17.5 Å². The number of aromatic nitrogens is 4. The number of rotatable bonds is 8. The Balaban J connectivity index is 1.69. The zero-order chi connectivity index (χ0) is 21.7. The Kier molecular flexibility index (Phi) is 7.26. The van der Waals surface area contributed by atoms with Crippen LogP contribution in [0.1, 0.15) is 49.1 Å². The first-order chi connectivity index (χ1) is 14.4. The van der Waals surface area contributed by atoms with Crippen molar-refractivity contribution in [3.63, 3.8) is 0 Å². The van der Waals surface area contributed by atoms with Crippen molar-refractivity contribution in [3.8, 4) is 5.69 Å². The van der Waals surface area contributed by atoms with Crippen molar-refractivity contribution in [2.45, 2.75) is 52.2 Å². The predicted octanol–water partition coefficient (Wildman–Crippen LogP) is 4.45. The molecule has 0 spiro atoms. The van der Waals surface area contributed by atoms with Crippen molar-refractivity contribution in [1.29, 1.82) is 0 Å². The highest BCUT2D eigenvalue weighted by Gasteiger charge is 2.20. The molecule has 0 unspecified atom stereocenters. The number of tetrazole rings is 1. The zero-order valence-electron chi connectivity index (χ0n) is 18.2. The Morgan fingerprint density at radius 1 is 1.10 bits per heavy atom. The molecule has 0 aliphatic rings. The molecule has 1 heterocycles. The van der Waals surface area contributed by atoms with Gasteiger partial charge in [0.2, 0.25) is 11.1 Å². The number of carbonyl (C=O) groups is 1. The lowest BCUT2D eigenvalue weighted by atomic mass is 9.95. The van der Waals surface area contributed by atoms with Crippen molar-refractivity contribution in [1.82, 2.24) is 25.5 Å². The number of carbonyl (C=O) groups excluding carboxylic acids is 1. The molecule has 1 atom stereocenters. The summed E-state index contributed by atoms with van der Waals surface area (Å²) in [7, 11) is 0. The summed E-state index contributed by atoms with van der Waals surface area (Å²) in [6, 6.07) is 14.5. The fourth-order valence-corrected chi connectivity index (χ4v) is 4.18. The third-order valence-corrected chi connectivity index (χ3v) is 6.07. The molecule has 7 heteroatoms. The van der Waals surface area contributed by atoms with Crippen molar-refractivity contribution in [2.75, 3.05) is 5.75 Å². The van der Waals surface area contributed by atoms with Gasteiger partial charge in [0.15, 0.2) is 0 Å². The lowest BCUT2D eigenvalue weighted by Gasteiger charge is -2.23. The maximum Gasteiger partial charge on any atom is 0.230 e. The normalized spacial score (nSPS) is 12.2. The van der Waals surface area contributed by atoms with E-state index in [1.54, 1.807) is 4.68 Å². The van der Waals surface area contributed by atoms with Crippen LogP contribution in [0.4, 0.5) is 0 Å². The Morgan fingerprint density at radius 2 is 1.77 bits per heavy atom. The van der Waals surface area contributed by atoms with Gasteiger partial charge < -0.3 is 5.32 Å². The molecule has 0 radical (unpaired) electrons. The molecule has 0 aliphatic carbocycles. The topological polar surface area (TPSA) is 72.7 Å².